The number of rotatable bonds is 6. The molecular formula is C15H13FIN5O3. The molecule has 130 valence electrons. The molecular weight excluding hydrogens is 444 g/mol. The number of aliphatic hydroxyl groups is 1. The van der Waals surface area contributed by atoms with E-state index >= 15 is 0 Å². The monoisotopic (exact) mass is 457 g/mol. The highest BCUT2D eigenvalue weighted by molar-refractivity contribution is 14.1. The first-order chi connectivity index (χ1) is 12.1. The standard InChI is InChI=1S/C15H13FIN5O3/c16-11-5-8(17)1-2-12(11)20-13-9-7-19-21-14(9)18-6-10(13)15(24)22-25-4-3-23/h1-2,5-7,23H,3-4H2,(H,22,24)(H2,18,19,20,21). The van der Waals surface area contributed by atoms with E-state index in [1.165, 1.54) is 18.5 Å². The number of pyridine rings is 1. The van der Waals surface area contributed by atoms with Crippen molar-refractivity contribution in [3.63, 3.8) is 0 Å². The predicted octanol–water partition coefficient (Wildman–Crippen LogP) is 2.10. The Kier molecular flexibility index (Phi) is 5.40. The fourth-order valence-electron chi connectivity index (χ4n) is 2.15. The molecule has 0 bridgehead atoms. The molecule has 1 aromatic carbocycles. The number of nitrogens with zero attached hydrogens (tertiary/aromatic N) is 2. The number of nitrogens with one attached hydrogen (secondary N) is 3. The fourth-order valence-corrected chi connectivity index (χ4v) is 2.60. The molecule has 2 heterocycles. The van der Waals surface area contributed by atoms with Gasteiger partial charge in [-0.05, 0) is 40.8 Å². The van der Waals surface area contributed by atoms with Gasteiger partial charge in [-0.25, -0.2) is 14.9 Å². The lowest BCUT2D eigenvalue weighted by atomic mass is 10.1. The van der Waals surface area contributed by atoms with Gasteiger partial charge in [0.15, 0.2) is 5.65 Å². The number of hydroxylamine groups is 1. The van der Waals surface area contributed by atoms with Crippen LogP contribution in [-0.4, -0.2) is 39.4 Å². The third-order valence-electron chi connectivity index (χ3n) is 3.27. The molecule has 0 fully saturated rings. The molecule has 0 spiro atoms. The highest BCUT2D eigenvalue weighted by atomic mass is 127. The zero-order chi connectivity index (χ0) is 17.8. The number of carbonyl (C=O) groups is 1. The maximum atomic E-state index is 14.2. The van der Waals surface area contributed by atoms with Crippen molar-refractivity contribution in [3.8, 4) is 0 Å². The first kappa shape index (κ1) is 17.5. The first-order valence-corrected chi connectivity index (χ1v) is 8.25. The number of carbonyl (C=O) groups excluding carboxylic acids is 1. The Balaban J connectivity index is 2.00. The first-order valence-electron chi connectivity index (χ1n) is 7.17. The molecule has 2 aromatic heterocycles. The Morgan fingerprint density at radius 1 is 1.40 bits per heavy atom. The maximum absolute atomic E-state index is 14.2. The lowest BCUT2D eigenvalue weighted by Gasteiger charge is -2.13. The van der Waals surface area contributed by atoms with Gasteiger partial charge in [-0.2, -0.15) is 5.10 Å². The largest absolute Gasteiger partial charge is 0.394 e. The van der Waals surface area contributed by atoms with E-state index in [1.807, 2.05) is 22.6 Å². The number of benzene rings is 1. The summed E-state index contributed by atoms with van der Waals surface area (Å²) in [5.41, 5.74) is 3.34. The number of aromatic amines is 1. The number of aromatic nitrogens is 3. The molecule has 25 heavy (non-hydrogen) atoms. The summed E-state index contributed by atoms with van der Waals surface area (Å²) < 4.78 is 14.9. The van der Waals surface area contributed by atoms with E-state index in [0.29, 0.717) is 16.7 Å². The van der Waals surface area contributed by atoms with Crippen LogP contribution in [0.5, 0.6) is 0 Å². The van der Waals surface area contributed by atoms with Crippen LogP contribution >= 0.6 is 22.6 Å². The van der Waals surface area contributed by atoms with Crippen molar-refractivity contribution in [2.45, 2.75) is 0 Å². The molecule has 8 nitrogen and oxygen atoms in total. The quantitative estimate of drug-likeness (QED) is 0.256. The van der Waals surface area contributed by atoms with Gasteiger partial charge < -0.3 is 10.4 Å². The summed E-state index contributed by atoms with van der Waals surface area (Å²) in [7, 11) is 0. The molecule has 3 aromatic rings. The van der Waals surface area contributed by atoms with Crippen LogP contribution in [0.2, 0.25) is 0 Å². The molecule has 0 saturated heterocycles. The topological polar surface area (TPSA) is 112 Å². The Morgan fingerprint density at radius 2 is 2.24 bits per heavy atom. The zero-order valence-corrected chi connectivity index (χ0v) is 14.9. The third kappa shape index (κ3) is 3.86. The van der Waals surface area contributed by atoms with Gasteiger partial charge in [0.1, 0.15) is 5.82 Å². The van der Waals surface area contributed by atoms with Gasteiger partial charge in [-0.1, -0.05) is 0 Å². The summed E-state index contributed by atoms with van der Waals surface area (Å²) in [5.74, 6) is -1.04. The van der Waals surface area contributed by atoms with Crippen LogP contribution in [0, 0.1) is 9.39 Å². The minimum absolute atomic E-state index is 0.0539. The lowest BCUT2D eigenvalue weighted by molar-refractivity contribution is 0.0169. The van der Waals surface area contributed by atoms with E-state index < -0.39 is 11.7 Å². The molecule has 10 heteroatoms. The molecule has 0 aliphatic rings. The Hall–Kier alpha value is -2.31. The summed E-state index contributed by atoms with van der Waals surface area (Å²) in [4.78, 5) is 21.3. The minimum atomic E-state index is -0.586. The van der Waals surface area contributed by atoms with Gasteiger partial charge in [0, 0.05) is 9.77 Å². The van der Waals surface area contributed by atoms with Crippen LogP contribution in [0.3, 0.4) is 0 Å². The molecule has 0 radical (unpaired) electrons. The molecule has 0 atom stereocenters. The van der Waals surface area contributed by atoms with Crippen molar-refractivity contribution >= 4 is 50.9 Å². The van der Waals surface area contributed by atoms with Crippen LogP contribution in [0.25, 0.3) is 11.0 Å². The van der Waals surface area contributed by atoms with Gasteiger partial charge in [0.2, 0.25) is 0 Å². The van der Waals surface area contributed by atoms with Gasteiger partial charge in [0.25, 0.3) is 5.91 Å². The second-order valence-corrected chi connectivity index (χ2v) is 6.18. The second-order valence-electron chi connectivity index (χ2n) is 4.93. The second kappa shape index (κ2) is 7.72. The summed E-state index contributed by atoms with van der Waals surface area (Å²) in [5, 5.41) is 18.7. The van der Waals surface area contributed by atoms with Crippen LogP contribution < -0.4 is 10.8 Å². The van der Waals surface area contributed by atoms with Gasteiger partial charge in [-0.15, -0.1) is 0 Å². The number of amides is 1. The average molecular weight is 457 g/mol. The van der Waals surface area contributed by atoms with Crippen molar-refractivity contribution in [2.75, 3.05) is 18.5 Å². The smallest absolute Gasteiger partial charge is 0.278 e. The van der Waals surface area contributed by atoms with E-state index in [0.717, 1.165) is 3.57 Å². The number of hydrogen-bond acceptors (Lipinski definition) is 6. The van der Waals surface area contributed by atoms with Crippen molar-refractivity contribution in [2.24, 2.45) is 0 Å². The summed E-state index contributed by atoms with van der Waals surface area (Å²) in [6.07, 6.45) is 2.81. The normalized spacial score (nSPS) is 10.8. The van der Waals surface area contributed by atoms with Crippen LogP contribution in [-0.2, 0) is 4.84 Å². The van der Waals surface area contributed by atoms with E-state index in [1.54, 1.807) is 12.1 Å². The SMILES string of the molecule is O=C(NOCCO)c1cnc2[nH]ncc2c1Nc1ccc(I)cc1F. The Morgan fingerprint density at radius 3 is 3.00 bits per heavy atom. The van der Waals surface area contributed by atoms with Gasteiger partial charge in [-0.3, -0.25) is 14.7 Å². The summed E-state index contributed by atoms with van der Waals surface area (Å²) in [6.45, 7) is -0.292. The number of aliphatic hydroxyl groups excluding tert-OH is 1. The fraction of sp³-hybridized carbons (Fsp3) is 0.133. The van der Waals surface area contributed by atoms with Crippen LogP contribution in [0.4, 0.5) is 15.8 Å². The molecule has 0 unspecified atom stereocenters. The van der Waals surface area contributed by atoms with Crippen molar-refractivity contribution < 1.29 is 19.1 Å². The molecule has 0 aliphatic heterocycles. The van der Waals surface area contributed by atoms with Crippen LogP contribution in [0.1, 0.15) is 10.4 Å². The average Bonchev–Trinajstić information content (AvgIpc) is 3.06. The van der Waals surface area contributed by atoms with Gasteiger partial charge in [0.05, 0.1) is 41.7 Å². The number of fused-ring (bicyclic) bond motifs is 1. The number of halogens is 2. The predicted molar refractivity (Wildman–Crippen MR) is 96.8 cm³/mol. The molecule has 4 N–H and O–H groups in total. The van der Waals surface area contributed by atoms with Gasteiger partial charge >= 0.3 is 0 Å². The van der Waals surface area contributed by atoms with Crippen LogP contribution in [0.15, 0.2) is 30.6 Å². The Labute approximate surface area is 154 Å². The lowest BCUT2D eigenvalue weighted by Crippen LogP contribution is -2.26. The van der Waals surface area contributed by atoms with E-state index in [2.05, 4.69) is 26.0 Å². The van der Waals surface area contributed by atoms with E-state index in [-0.39, 0.29) is 24.5 Å². The van der Waals surface area contributed by atoms with Crippen molar-refractivity contribution in [1.29, 1.82) is 0 Å². The van der Waals surface area contributed by atoms with E-state index in [4.69, 9.17) is 9.94 Å². The van der Waals surface area contributed by atoms with Crippen molar-refractivity contribution in [1.82, 2.24) is 20.7 Å². The Bertz CT molecular complexity index is 917. The highest BCUT2D eigenvalue weighted by Gasteiger charge is 2.18. The molecule has 0 saturated carbocycles. The maximum Gasteiger partial charge on any atom is 0.278 e. The van der Waals surface area contributed by atoms with E-state index in [9.17, 15) is 9.18 Å². The number of H-pyrrole nitrogens is 1. The highest BCUT2D eigenvalue weighted by Crippen LogP contribution is 2.29. The molecule has 1 amide bonds. The summed E-state index contributed by atoms with van der Waals surface area (Å²) in [6, 6.07) is 4.69. The zero-order valence-electron chi connectivity index (χ0n) is 12.7. The minimum Gasteiger partial charge on any atom is -0.394 e. The summed E-state index contributed by atoms with van der Waals surface area (Å²) >= 11 is 2.01. The molecule has 0 aliphatic carbocycles. The third-order valence-corrected chi connectivity index (χ3v) is 3.95. The number of anilines is 2. The molecule has 3 rings (SSSR count). The number of hydrogen-bond donors (Lipinski definition) is 4. The van der Waals surface area contributed by atoms with Crippen molar-refractivity contribution in [3.05, 3.63) is 45.5 Å².